The van der Waals surface area contributed by atoms with E-state index in [4.69, 9.17) is 10.5 Å². The van der Waals surface area contributed by atoms with Crippen molar-refractivity contribution in [3.05, 3.63) is 47.4 Å². The molecule has 1 saturated carbocycles. The lowest BCUT2D eigenvalue weighted by Gasteiger charge is -2.13. The number of nitrogens with one attached hydrogen (secondary N) is 1. The summed E-state index contributed by atoms with van der Waals surface area (Å²) in [5.41, 5.74) is 8.89. The second kappa shape index (κ2) is 6.16. The molecule has 1 aromatic carbocycles. The first-order chi connectivity index (χ1) is 11.0. The van der Waals surface area contributed by atoms with Crippen LogP contribution in [-0.4, -0.2) is 17.5 Å². The standard InChI is InChI=1S/C18H21FN2O2/c1-2-23-18(9-10-18)15-11-13(5-8-16(20)22)17(21-15)12-3-6-14(19)7-4-12/h3-4,6-7,11,21H,2,5,8-10H2,1H3,(H2,20,22). The zero-order valence-electron chi connectivity index (χ0n) is 13.2. The lowest BCUT2D eigenvalue weighted by molar-refractivity contribution is -0.117. The predicted octanol–water partition coefficient (Wildman–Crippen LogP) is 3.26. The minimum absolute atomic E-state index is 0.228. The maximum atomic E-state index is 13.2. The van der Waals surface area contributed by atoms with Crippen LogP contribution in [-0.2, 0) is 21.6 Å². The molecule has 0 atom stereocenters. The quantitative estimate of drug-likeness (QED) is 0.823. The van der Waals surface area contributed by atoms with Crippen LogP contribution in [0.5, 0.6) is 0 Å². The van der Waals surface area contributed by atoms with Gasteiger partial charge in [-0.25, -0.2) is 4.39 Å². The number of aryl methyl sites for hydroxylation is 1. The van der Waals surface area contributed by atoms with Crippen molar-refractivity contribution in [2.75, 3.05) is 6.61 Å². The van der Waals surface area contributed by atoms with Gasteiger partial charge in [-0.3, -0.25) is 4.79 Å². The Hall–Kier alpha value is -2.14. The van der Waals surface area contributed by atoms with E-state index in [0.717, 1.165) is 35.4 Å². The largest absolute Gasteiger partial charge is 0.370 e. The van der Waals surface area contributed by atoms with Crippen molar-refractivity contribution in [3.63, 3.8) is 0 Å². The maximum absolute atomic E-state index is 13.2. The number of aromatic nitrogens is 1. The highest BCUT2D eigenvalue weighted by molar-refractivity contribution is 5.75. The number of halogens is 1. The average molecular weight is 316 g/mol. The number of ether oxygens (including phenoxy) is 1. The summed E-state index contributed by atoms with van der Waals surface area (Å²) in [6.45, 7) is 2.64. The highest BCUT2D eigenvalue weighted by Crippen LogP contribution is 2.49. The van der Waals surface area contributed by atoms with E-state index in [1.165, 1.54) is 12.1 Å². The van der Waals surface area contributed by atoms with E-state index in [2.05, 4.69) is 11.1 Å². The van der Waals surface area contributed by atoms with Gasteiger partial charge in [0.05, 0.1) is 0 Å². The summed E-state index contributed by atoms with van der Waals surface area (Å²) in [6, 6.07) is 8.40. The van der Waals surface area contributed by atoms with Gasteiger partial charge in [0.25, 0.3) is 0 Å². The molecular formula is C18H21FN2O2. The summed E-state index contributed by atoms with van der Waals surface area (Å²) in [7, 11) is 0. The molecule has 0 unspecified atom stereocenters. The number of hydrogen-bond acceptors (Lipinski definition) is 2. The van der Waals surface area contributed by atoms with Crippen molar-refractivity contribution in [2.24, 2.45) is 5.73 Å². The van der Waals surface area contributed by atoms with Crippen LogP contribution in [0.25, 0.3) is 11.3 Å². The minimum atomic E-state index is -0.330. The Morgan fingerprint density at radius 3 is 2.61 bits per heavy atom. The van der Waals surface area contributed by atoms with Crippen molar-refractivity contribution < 1.29 is 13.9 Å². The van der Waals surface area contributed by atoms with Gasteiger partial charge in [-0.05, 0) is 67.6 Å². The second-order valence-corrected chi connectivity index (χ2v) is 5.98. The molecule has 3 rings (SSSR count). The third-order valence-electron chi connectivity index (χ3n) is 4.29. The number of aromatic amines is 1. The monoisotopic (exact) mass is 316 g/mol. The van der Waals surface area contributed by atoms with E-state index in [-0.39, 0.29) is 23.7 Å². The Labute approximate surface area is 134 Å². The molecule has 4 nitrogen and oxygen atoms in total. The van der Waals surface area contributed by atoms with Crippen molar-refractivity contribution in [3.8, 4) is 11.3 Å². The lowest BCUT2D eigenvalue weighted by atomic mass is 10.0. The summed E-state index contributed by atoms with van der Waals surface area (Å²) < 4.78 is 19.1. The van der Waals surface area contributed by atoms with Crippen LogP contribution in [0, 0.1) is 5.82 Å². The molecule has 1 aliphatic rings. The molecule has 1 aliphatic carbocycles. The van der Waals surface area contributed by atoms with E-state index in [1.54, 1.807) is 12.1 Å². The molecule has 0 spiro atoms. The fourth-order valence-electron chi connectivity index (χ4n) is 2.95. The van der Waals surface area contributed by atoms with Gasteiger partial charge >= 0.3 is 0 Å². The van der Waals surface area contributed by atoms with Gasteiger partial charge in [0.1, 0.15) is 11.4 Å². The number of carbonyl (C=O) groups is 1. The average Bonchev–Trinajstić information content (AvgIpc) is 3.17. The van der Waals surface area contributed by atoms with Crippen LogP contribution in [0.3, 0.4) is 0 Å². The zero-order valence-corrected chi connectivity index (χ0v) is 13.2. The van der Waals surface area contributed by atoms with Crippen LogP contribution in [0.2, 0.25) is 0 Å². The van der Waals surface area contributed by atoms with Crippen LogP contribution in [0.4, 0.5) is 4.39 Å². The first kappa shape index (κ1) is 15.7. The van der Waals surface area contributed by atoms with Crippen molar-refractivity contribution >= 4 is 5.91 Å². The number of amides is 1. The van der Waals surface area contributed by atoms with E-state index in [9.17, 15) is 9.18 Å². The highest BCUT2D eigenvalue weighted by Gasteiger charge is 2.47. The van der Waals surface area contributed by atoms with Gasteiger partial charge in [0.2, 0.25) is 5.91 Å². The van der Waals surface area contributed by atoms with Crippen LogP contribution >= 0.6 is 0 Å². The number of hydrogen-bond donors (Lipinski definition) is 2. The molecule has 0 aliphatic heterocycles. The molecule has 5 heteroatoms. The molecule has 0 bridgehead atoms. The normalized spacial score (nSPS) is 15.6. The number of carbonyl (C=O) groups excluding carboxylic acids is 1. The fourth-order valence-corrected chi connectivity index (χ4v) is 2.95. The molecule has 2 aromatic rings. The van der Waals surface area contributed by atoms with Gasteiger partial charge in [-0.1, -0.05) is 0 Å². The molecular weight excluding hydrogens is 295 g/mol. The van der Waals surface area contributed by atoms with E-state index < -0.39 is 0 Å². The van der Waals surface area contributed by atoms with Gasteiger partial charge in [0.15, 0.2) is 0 Å². The third kappa shape index (κ3) is 3.29. The first-order valence-corrected chi connectivity index (χ1v) is 7.94. The van der Waals surface area contributed by atoms with Crippen molar-refractivity contribution in [1.82, 2.24) is 4.98 Å². The summed E-state index contributed by atoms with van der Waals surface area (Å²) in [4.78, 5) is 14.6. The lowest BCUT2D eigenvalue weighted by Crippen LogP contribution is -2.12. The molecule has 3 N–H and O–H groups in total. The van der Waals surface area contributed by atoms with Crippen LogP contribution in [0.15, 0.2) is 30.3 Å². The van der Waals surface area contributed by atoms with Gasteiger partial charge in [-0.15, -0.1) is 0 Å². The summed E-state index contributed by atoms with van der Waals surface area (Å²) in [6.07, 6.45) is 2.81. The molecule has 122 valence electrons. The Bertz CT molecular complexity index is 702. The number of rotatable bonds is 7. The smallest absolute Gasteiger partial charge is 0.217 e. The maximum Gasteiger partial charge on any atom is 0.217 e. The molecule has 23 heavy (non-hydrogen) atoms. The third-order valence-corrected chi connectivity index (χ3v) is 4.29. The number of nitrogens with two attached hydrogens (primary N) is 1. The van der Waals surface area contributed by atoms with Gasteiger partial charge in [0, 0.05) is 24.4 Å². The van der Waals surface area contributed by atoms with E-state index in [1.807, 2.05) is 6.92 Å². The number of benzene rings is 1. The topological polar surface area (TPSA) is 68.1 Å². The highest BCUT2D eigenvalue weighted by atomic mass is 19.1. The van der Waals surface area contributed by atoms with Gasteiger partial charge in [-0.2, -0.15) is 0 Å². The Balaban J connectivity index is 1.96. The SMILES string of the molecule is CCOC1(c2cc(CCC(N)=O)c(-c3ccc(F)cc3)[nH]2)CC1. The van der Waals surface area contributed by atoms with Crippen molar-refractivity contribution in [2.45, 2.75) is 38.2 Å². The molecule has 1 heterocycles. The Morgan fingerprint density at radius 2 is 2.04 bits per heavy atom. The van der Waals surface area contributed by atoms with Crippen LogP contribution < -0.4 is 5.73 Å². The van der Waals surface area contributed by atoms with Gasteiger partial charge < -0.3 is 15.5 Å². The number of primary amides is 1. The zero-order chi connectivity index (χ0) is 16.4. The summed E-state index contributed by atoms with van der Waals surface area (Å²) in [5.74, 6) is -0.601. The van der Waals surface area contributed by atoms with E-state index in [0.29, 0.717) is 13.0 Å². The molecule has 1 amide bonds. The molecule has 1 aromatic heterocycles. The Kier molecular flexibility index (Phi) is 4.22. The van der Waals surface area contributed by atoms with Crippen molar-refractivity contribution in [1.29, 1.82) is 0 Å². The first-order valence-electron chi connectivity index (χ1n) is 7.94. The minimum Gasteiger partial charge on any atom is -0.370 e. The fraction of sp³-hybridized carbons (Fsp3) is 0.389. The molecule has 1 fully saturated rings. The van der Waals surface area contributed by atoms with E-state index >= 15 is 0 Å². The van der Waals surface area contributed by atoms with Crippen LogP contribution in [0.1, 0.15) is 37.4 Å². The summed E-state index contributed by atoms with van der Waals surface area (Å²) >= 11 is 0. The Morgan fingerprint density at radius 1 is 1.35 bits per heavy atom. The summed E-state index contributed by atoms with van der Waals surface area (Å²) in [5, 5.41) is 0. The molecule has 0 radical (unpaired) electrons. The predicted molar refractivity (Wildman–Crippen MR) is 86.2 cm³/mol. The second-order valence-electron chi connectivity index (χ2n) is 5.98. The number of H-pyrrole nitrogens is 1. The molecule has 0 saturated heterocycles.